The number of thiazole rings is 1. The van der Waals surface area contributed by atoms with Crippen LogP contribution >= 0.6 is 23.1 Å². The van der Waals surface area contributed by atoms with Gasteiger partial charge in [0.2, 0.25) is 17.7 Å². The van der Waals surface area contributed by atoms with Gasteiger partial charge in [-0.05, 0) is 55.1 Å². The normalized spacial score (nSPS) is 18.3. The highest BCUT2D eigenvalue weighted by Gasteiger charge is 2.56. The van der Waals surface area contributed by atoms with E-state index in [4.69, 9.17) is 0 Å². The van der Waals surface area contributed by atoms with Crippen LogP contribution in [0.4, 0.5) is 22.7 Å². The van der Waals surface area contributed by atoms with Crippen LogP contribution in [0.1, 0.15) is 30.2 Å². The van der Waals surface area contributed by atoms with Crippen LogP contribution in [0, 0.1) is 16.0 Å². The SMILES string of the molecule is CCN(CC)c1ccc([C@H]2c3sc(=O)n(CC(=O)Nc4cccc5ccccc45)c3SC3C(=O)N(c4ccc([N+](=O)[O-])cc4)C(=O)C32)cc1. The summed E-state index contributed by atoms with van der Waals surface area (Å²) >= 11 is 2.11. The van der Waals surface area contributed by atoms with E-state index in [-0.39, 0.29) is 22.8 Å². The predicted octanol–water partition coefficient (Wildman–Crippen LogP) is 6.25. The summed E-state index contributed by atoms with van der Waals surface area (Å²) in [4.78, 5) is 69.6. The number of imide groups is 1. The van der Waals surface area contributed by atoms with Crippen LogP contribution in [0.2, 0.25) is 0 Å². The molecule has 0 saturated carbocycles. The molecule has 49 heavy (non-hydrogen) atoms. The zero-order chi connectivity index (χ0) is 34.4. The smallest absolute Gasteiger partial charge is 0.308 e. The van der Waals surface area contributed by atoms with Crippen LogP contribution < -0.4 is 20.0 Å². The molecule has 2 aliphatic rings. The van der Waals surface area contributed by atoms with E-state index in [0.29, 0.717) is 15.6 Å². The van der Waals surface area contributed by atoms with E-state index >= 15 is 0 Å². The molecule has 1 fully saturated rings. The van der Waals surface area contributed by atoms with Crippen molar-refractivity contribution in [1.82, 2.24) is 4.57 Å². The average Bonchev–Trinajstić information content (AvgIpc) is 3.55. The van der Waals surface area contributed by atoms with Crippen LogP contribution in [-0.2, 0) is 20.9 Å². The first-order valence-electron chi connectivity index (χ1n) is 15.8. The minimum Gasteiger partial charge on any atom is -0.372 e. The number of non-ortho nitro benzene ring substituents is 1. The number of fused-ring (bicyclic) bond motifs is 3. The molecule has 248 valence electrons. The first kappa shape index (κ1) is 32.3. The Morgan fingerprint density at radius 3 is 2.29 bits per heavy atom. The number of carbonyl (C=O) groups excluding carboxylic acids is 3. The van der Waals surface area contributed by atoms with Crippen molar-refractivity contribution in [2.24, 2.45) is 5.92 Å². The summed E-state index contributed by atoms with van der Waals surface area (Å²) in [6.45, 7) is 5.48. The second-order valence-electron chi connectivity index (χ2n) is 11.8. The second kappa shape index (κ2) is 13.0. The minimum atomic E-state index is -0.885. The Kier molecular flexibility index (Phi) is 8.55. The van der Waals surface area contributed by atoms with E-state index in [1.807, 2.05) is 60.7 Å². The average molecular weight is 694 g/mol. The molecular weight excluding hydrogens is 663 g/mol. The van der Waals surface area contributed by atoms with Crippen LogP contribution in [0.3, 0.4) is 0 Å². The molecule has 0 radical (unpaired) electrons. The van der Waals surface area contributed by atoms with Crippen molar-refractivity contribution in [3.63, 3.8) is 0 Å². The molecule has 0 spiro atoms. The number of amides is 3. The van der Waals surface area contributed by atoms with Gasteiger partial charge in [0.05, 0.1) is 21.6 Å². The van der Waals surface area contributed by atoms with Gasteiger partial charge < -0.3 is 10.2 Å². The summed E-state index contributed by atoms with van der Waals surface area (Å²) in [5.74, 6) is -2.79. The number of hydrogen-bond acceptors (Lipinski definition) is 9. The number of rotatable bonds is 9. The molecule has 1 aromatic heterocycles. The highest BCUT2D eigenvalue weighted by atomic mass is 32.2. The fourth-order valence-corrected chi connectivity index (χ4v) is 9.51. The molecule has 5 aromatic rings. The summed E-state index contributed by atoms with van der Waals surface area (Å²) in [7, 11) is 0. The Bertz CT molecular complexity index is 2170. The van der Waals surface area contributed by atoms with Crippen molar-refractivity contribution < 1.29 is 19.3 Å². The number of aromatic nitrogens is 1. The third-order valence-corrected chi connectivity index (χ3v) is 11.7. The monoisotopic (exact) mass is 693 g/mol. The molecule has 1 N–H and O–H groups in total. The van der Waals surface area contributed by atoms with E-state index in [1.54, 1.807) is 6.07 Å². The number of thioether (sulfide) groups is 1. The largest absolute Gasteiger partial charge is 0.372 e. The van der Waals surface area contributed by atoms with Crippen molar-refractivity contribution in [3.8, 4) is 0 Å². The second-order valence-corrected chi connectivity index (χ2v) is 13.9. The topological polar surface area (TPSA) is 135 Å². The van der Waals surface area contributed by atoms with Crippen molar-refractivity contribution in [2.75, 3.05) is 28.2 Å². The number of benzene rings is 4. The fraction of sp³-hybridized carbons (Fsp3) is 0.222. The molecule has 11 nitrogen and oxygen atoms in total. The highest BCUT2D eigenvalue weighted by Crippen LogP contribution is 2.54. The Labute approximate surface area is 289 Å². The van der Waals surface area contributed by atoms with E-state index in [2.05, 4.69) is 24.1 Å². The molecule has 7 rings (SSSR count). The van der Waals surface area contributed by atoms with Gasteiger partial charge in [-0.25, -0.2) is 4.90 Å². The lowest BCUT2D eigenvalue weighted by atomic mass is 9.83. The van der Waals surface area contributed by atoms with E-state index in [9.17, 15) is 29.3 Å². The molecule has 2 unspecified atom stereocenters. The summed E-state index contributed by atoms with van der Waals surface area (Å²) in [6, 6.07) is 26.4. The Hall–Kier alpha value is -5.27. The summed E-state index contributed by atoms with van der Waals surface area (Å²) in [5.41, 5.74) is 2.48. The van der Waals surface area contributed by atoms with Crippen molar-refractivity contribution in [2.45, 2.75) is 36.6 Å². The predicted molar refractivity (Wildman–Crippen MR) is 192 cm³/mol. The number of nitro benzene ring substituents is 1. The lowest BCUT2D eigenvalue weighted by Crippen LogP contribution is -2.33. The zero-order valence-corrected chi connectivity index (χ0v) is 28.2. The quantitative estimate of drug-likeness (QED) is 0.109. The number of nitrogens with one attached hydrogen (secondary N) is 1. The van der Waals surface area contributed by atoms with Gasteiger partial charge in [-0.1, -0.05) is 71.6 Å². The molecule has 2 aliphatic heterocycles. The number of carbonyl (C=O) groups is 3. The molecule has 0 bridgehead atoms. The highest BCUT2D eigenvalue weighted by molar-refractivity contribution is 8.00. The maximum absolute atomic E-state index is 14.2. The molecule has 3 atom stereocenters. The zero-order valence-electron chi connectivity index (χ0n) is 26.6. The van der Waals surface area contributed by atoms with Crippen molar-refractivity contribution in [1.29, 1.82) is 0 Å². The van der Waals surface area contributed by atoms with E-state index < -0.39 is 39.7 Å². The maximum atomic E-state index is 14.2. The van der Waals surface area contributed by atoms with Gasteiger partial charge in [0.1, 0.15) is 11.8 Å². The number of nitrogens with zero attached hydrogens (tertiary/aromatic N) is 4. The molecular formula is C36H31N5O6S2. The minimum absolute atomic E-state index is 0.159. The van der Waals surface area contributed by atoms with Gasteiger partial charge in [0.25, 0.3) is 5.69 Å². The lowest BCUT2D eigenvalue weighted by Gasteiger charge is -2.31. The standard InChI is InChI=1S/C36H31N5O6S2/c1-3-38(4-2)23-14-12-22(13-15-23)29-30-31(34(44)40(33(30)43)24-16-18-25(19-17-24)41(46)47)48-35-32(29)49-36(45)39(35)20-28(42)37-27-11-7-9-21-8-5-6-10-26(21)27/h5-19,29-31H,3-4,20H2,1-2H3,(H,37,42)/t29-,30?,31?/m1/s1. The fourth-order valence-electron chi connectivity index (χ4n) is 6.74. The van der Waals surface area contributed by atoms with Crippen LogP contribution in [0.5, 0.6) is 0 Å². The summed E-state index contributed by atoms with van der Waals surface area (Å²) in [5, 5.41) is 15.6. The molecule has 3 heterocycles. The molecule has 1 saturated heterocycles. The molecule has 4 aromatic carbocycles. The third kappa shape index (κ3) is 5.68. The van der Waals surface area contributed by atoms with Crippen LogP contribution in [0.25, 0.3) is 10.8 Å². The van der Waals surface area contributed by atoms with E-state index in [1.165, 1.54) is 28.8 Å². The maximum Gasteiger partial charge on any atom is 0.308 e. The van der Waals surface area contributed by atoms with Gasteiger partial charge in [-0.2, -0.15) is 0 Å². The summed E-state index contributed by atoms with van der Waals surface area (Å²) in [6.07, 6.45) is 0. The van der Waals surface area contributed by atoms with Gasteiger partial charge in [0.15, 0.2) is 0 Å². The number of nitro groups is 1. The first-order valence-corrected chi connectivity index (χ1v) is 17.5. The van der Waals surface area contributed by atoms with Crippen LogP contribution in [-0.4, -0.2) is 45.6 Å². The first-order chi connectivity index (χ1) is 23.7. The van der Waals surface area contributed by atoms with Crippen molar-refractivity contribution >= 4 is 74.3 Å². The third-order valence-electron chi connectivity index (χ3n) is 9.11. The molecule has 0 aliphatic carbocycles. The van der Waals surface area contributed by atoms with Gasteiger partial charge in [0, 0.05) is 52.8 Å². The Morgan fingerprint density at radius 2 is 1.59 bits per heavy atom. The van der Waals surface area contributed by atoms with Crippen LogP contribution in [0.15, 0.2) is 101 Å². The molecule has 3 amide bonds. The van der Waals surface area contributed by atoms with Gasteiger partial charge in [-0.3, -0.25) is 33.9 Å². The number of anilines is 3. The van der Waals surface area contributed by atoms with Crippen molar-refractivity contribution in [3.05, 3.63) is 121 Å². The lowest BCUT2D eigenvalue weighted by molar-refractivity contribution is -0.384. The van der Waals surface area contributed by atoms with E-state index in [0.717, 1.165) is 63.1 Å². The Morgan fingerprint density at radius 1 is 0.898 bits per heavy atom. The van der Waals surface area contributed by atoms with Gasteiger partial charge >= 0.3 is 4.87 Å². The number of hydrogen-bond donors (Lipinski definition) is 1. The summed E-state index contributed by atoms with van der Waals surface area (Å²) < 4.78 is 1.39. The van der Waals surface area contributed by atoms with Gasteiger partial charge in [-0.15, -0.1) is 0 Å². The Balaban J connectivity index is 1.27. The molecule has 13 heteroatoms.